The third-order valence-electron chi connectivity index (χ3n) is 5.64. The average Bonchev–Trinajstić information content (AvgIpc) is 2.99. The third-order valence-corrected chi connectivity index (χ3v) is 5.64. The number of amides is 1. The summed E-state index contributed by atoms with van der Waals surface area (Å²) in [5.41, 5.74) is 4.73. The van der Waals surface area contributed by atoms with E-state index in [0.717, 1.165) is 23.1 Å². The number of rotatable bonds is 5. The van der Waals surface area contributed by atoms with Gasteiger partial charge in [0.15, 0.2) is 5.43 Å². The molecule has 1 atom stereocenters. The van der Waals surface area contributed by atoms with Crippen molar-refractivity contribution in [1.29, 1.82) is 0 Å². The molecule has 1 unspecified atom stereocenters. The zero-order chi connectivity index (χ0) is 20.7. The molecule has 0 bridgehead atoms. The molecule has 0 saturated heterocycles. The second-order valence-corrected chi connectivity index (χ2v) is 7.62. The number of carbonyl (C=O) groups excluding carboxylic acids is 1. The fourth-order valence-electron chi connectivity index (χ4n) is 4.18. The summed E-state index contributed by atoms with van der Waals surface area (Å²) in [7, 11) is 1.60. The molecule has 1 aromatic heterocycles. The molecule has 0 radical (unpaired) electrons. The number of hydrogen-bond acceptors (Lipinski definition) is 4. The summed E-state index contributed by atoms with van der Waals surface area (Å²) in [4.78, 5) is 28.4. The van der Waals surface area contributed by atoms with Crippen molar-refractivity contribution < 1.29 is 13.9 Å². The molecule has 2 heterocycles. The van der Waals surface area contributed by atoms with E-state index >= 15 is 0 Å². The van der Waals surface area contributed by atoms with Gasteiger partial charge in [0.05, 0.1) is 23.6 Å². The molecule has 150 valence electrons. The van der Waals surface area contributed by atoms with Crippen LogP contribution in [0.15, 0.2) is 45.6 Å². The second kappa shape index (κ2) is 7.48. The van der Waals surface area contributed by atoms with Gasteiger partial charge in [-0.1, -0.05) is 37.3 Å². The largest absolute Gasteiger partial charge is 0.450 e. The van der Waals surface area contributed by atoms with Gasteiger partial charge < -0.3 is 14.1 Å². The number of methoxy groups -OCH3 is 1. The number of nitrogens with zero attached hydrogens (tertiary/aromatic N) is 1. The zero-order valence-corrected chi connectivity index (χ0v) is 17.2. The van der Waals surface area contributed by atoms with Crippen LogP contribution in [0.5, 0.6) is 0 Å². The van der Waals surface area contributed by atoms with Crippen molar-refractivity contribution in [2.45, 2.75) is 33.2 Å². The van der Waals surface area contributed by atoms with Crippen LogP contribution >= 0.6 is 0 Å². The molecule has 1 aliphatic heterocycles. The molecule has 5 nitrogen and oxygen atoms in total. The Morgan fingerprint density at radius 1 is 1.10 bits per heavy atom. The molecular formula is C24H25NO4. The van der Waals surface area contributed by atoms with Gasteiger partial charge in [-0.3, -0.25) is 9.59 Å². The SMILES string of the molecule is CCc1ccc(C2c3c(oc4c(C)cc(C)cc4c3=O)C(=O)N2CCOC)cc1. The van der Waals surface area contributed by atoms with Crippen molar-refractivity contribution >= 4 is 16.9 Å². The topological polar surface area (TPSA) is 59.8 Å². The van der Waals surface area contributed by atoms with Gasteiger partial charge in [0.25, 0.3) is 5.91 Å². The maximum atomic E-state index is 13.5. The molecule has 2 aromatic carbocycles. The fourth-order valence-corrected chi connectivity index (χ4v) is 4.18. The summed E-state index contributed by atoms with van der Waals surface area (Å²) in [6, 6.07) is 11.4. The Labute approximate surface area is 169 Å². The molecule has 1 amide bonds. The molecule has 4 rings (SSSR count). The highest BCUT2D eigenvalue weighted by Crippen LogP contribution is 2.38. The van der Waals surface area contributed by atoms with Gasteiger partial charge in [0.1, 0.15) is 5.58 Å². The summed E-state index contributed by atoms with van der Waals surface area (Å²) in [6.07, 6.45) is 0.930. The minimum atomic E-state index is -0.472. The lowest BCUT2D eigenvalue weighted by Crippen LogP contribution is -2.32. The van der Waals surface area contributed by atoms with Gasteiger partial charge in [0.2, 0.25) is 5.76 Å². The van der Waals surface area contributed by atoms with E-state index in [-0.39, 0.29) is 17.1 Å². The van der Waals surface area contributed by atoms with Crippen LogP contribution in [0.2, 0.25) is 0 Å². The van der Waals surface area contributed by atoms with Crippen LogP contribution < -0.4 is 5.43 Å². The van der Waals surface area contributed by atoms with Crippen molar-refractivity contribution in [3.05, 3.63) is 80.2 Å². The second-order valence-electron chi connectivity index (χ2n) is 7.62. The molecular weight excluding hydrogens is 366 g/mol. The molecule has 0 N–H and O–H groups in total. The van der Waals surface area contributed by atoms with Gasteiger partial charge >= 0.3 is 0 Å². The number of ether oxygens (including phenoxy) is 1. The third kappa shape index (κ3) is 3.15. The van der Waals surface area contributed by atoms with Gasteiger partial charge in [0, 0.05) is 13.7 Å². The fraction of sp³-hybridized carbons (Fsp3) is 0.333. The van der Waals surface area contributed by atoms with Crippen molar-refractivity contribution in [2.24, 2.45) is 0 Å². The van der Waals surface area contributed by atoms with Crippen molar-refractivity contribution in [1.82, 2.24) is 4.90 Å². The minimum absolute atomic E-state index is 0.133. The van der Waals surface area contributed by atoms with Crippen LogP contribution in [0.25, 0.3) is 11.0 Å². The van der Waals surface area contributed by atoms with Crippen LogP contribution in [0.4, 0.5) is 0 Å². The summed E-state index contributed by atoms with van der Waals surface area (Å²) in [5, 5.41) is 0.526. The lowest BCUT2D eigenvalue weighted by Gasteiger charge is -2.25. The standard InChI is InChI=1S/C24H25NO4/c1-5-16-6-8-17(9-7-16)20-19-21(26)18-13-14(2)12-15(3)22(18)29-23(19)24(27)25(20)10-11-28-4/h6-9,12-13,20H,5,10-11H2,1-4H3. The van der Waals surface area contributed by atoms with Crippen LogP contribution in [-0.4, -0.2) is 31.1 Å². The van der Waals surface area contributed by atoms with E-state index in [2.05, 4.69) is 6.92 Å². The Balaban J connectivity index is 1.97. The molecule has 0 saturated carbocycles. The normalized spacial score (nSPS) is 15.9. The highest BCUT2D eigenvalue weighted by molar-refractivity contribution is 5.99. The van der Waals surface area contributed by atoms with Crippen LogP contribution in [0.1, 0.15) is 51.3 Å². The predicted octanol–water partition coefficient (Wildman–Crippen LogP) is 4.16. The lowest BCUT2D eigenvalue weighted by atomic mass is 9.96. The van der Waals surface area contributed by atoms with Gasteiger partial charge in [-0.15, -0.1) is 0 Å². The summed E-state index contributed by atoms with van der Waals surface area (Å²) < 4.78 is 11.3. The highest BCUT2D eigenvalue weighted by atomic mass is 16.5. The molecule has 1 aliphatic rings. The summed E-state index contributed by atoms with van der Waals surface area (Å²) in [5.74, 6) is -0.115. The predicted molar refractivity (Wildman–Crippen MR) is 113 cm³/mol. The van der Waals surface area contributed by atoms with Crippen LogP contribution in [0.3, 0.4) is 0 Å². The first kappa shape index (κ1) is 19.4. The zero-order valence-electron chi connectivity index (χ0n) is 17.2. The highest BCUT2D eigenvalue weighted by Gasteiger charge is 2.42. The van der Waals surface area contributed by atoms with E-state index < -0.39 is 6.04 Å². The number of benzene rings is 2. The molecule has 5 heteroatoms. The number of hydrogen-bond donors (Lipinski definition) is 0. The first-order valence-electron chi connectivity index (χ1n) is 9.93. The first-order chi connectivity index (χ1) is 14.0. The van der Waals surface area contributed by atoms with E-state index in [0.29, 0.717) is 29.7 Å². The van der Waals surface area contributed by atoms with Gasteiger partial charge in [-0.05, 0) is 48.6 Å². The number of carbonyl (C=O) groups is 1. The van der Waals surface area contributed by atoms with E-state index in [4.69, 9.17) is 9.15 Å². The van der Waals surface area contributed by atoms with Crippen molar-refractivity contribution in [3.8, 4) is 0 Å². The van der Waals surface area contributed by atoms with Gasteiger partial charge in [-0.25, -0.2) is 0 Å². The average molecular weight is 391 g/mol. The van der Waals surface area contributed by atoms with E-state index in [1.165, 1.54) is 5.56 Å². The maximum Gasteiger partial charge on any atom is 0.290 e. The molecule has 29 heavy (non-hydrogen) atoms. The van der Waals surface area contributed by atoms with Crippen LogP contribution in [0, 0.1) is 13.8 Å². The number of fused-ring (bicyclic) bond motifs is 2. The Hall–Kier alpha value is -2.92. The molecule has 0 spiro atoms. The Morgan fingerprint density at radius 2 is 1.83 bits per heavy atom. The van der Waals surface area contributed by atoms with E-state index in [1.807, 2.05) is 50.2 Å². The van der Waals surface area contributed by atoms with Crippen LogP contribution in [-0.2, 0) is 11.2 Å². The quantitative estimate of drug-likeness (QED) is 0.655. The maximum absolute atomic E-state index is 13.5. The molecule has 3 aromatic rings. The summed E-state index contributed by atoms with van der Waals surface area (Å²) >= 11 is 0. The van der Waals surface area contributed by atoms with Crippen molar-refractivity contribution in [3.63, 3.8) is 0 Å². The number of aryl methyl sites for hydroxylation is 3. The lowest BCUT2D eigenvalue weighted by molar-refractivity contribution is 0.0663. The smallest absolute Gasteiger partial charge is 0.290 e. The van der Waals surface area contributed by atoms with E-state index in [1.54, 1.807) is 12.0 Å². The Morgan fingerprint density at radius 3 is 2.48 bits per heavy atom. The van der Waals surface area contributed by atoms with E-state index in [9.17, 15) is 9.59 Å². The van der Waals surface area contributed by atoms with Gasteiger partial charge in [-0.2, -0.15) is 0 Å². The molecule has 0 aliphatic carbocycles. The minimum Gasteiger partial charge on any atom is -0.450 e. The Bertz CT molecular complexity index is 1140. The monoisotopic (exact) mass is 391 g/mol. The molecule has 0 fully saturated rings. The summed E-state index contributed by atoms with van der Waals surface area (Å²) in [6.45, 7) is 6.71. The first-order valence-corrected chi connectivity index (χ1v) is 9.93. The van der Waals surface area contributed by atoms with Crippen molar-refractivity contribution in [2.75, 3.05) is 20.3 Å². The Kier molecular flexibility index (Phi) is 5.01.